The van der Waals surface area contributed by atoms with E-state index >= 15 is 0 Å². The summed E-state index contributed by atoms with van der Waals surface area (Å²) in [5.41, 5.74) is 3.74. The fraction of sp³-hybridized carbons (Fsp3) is 0.765. The van der Waals surface area contributed by atoms with Crippen LogP contribution in [-0.4, -0.2) is 28.4 Å². The molecule has 0 aliphatic heterocycles. The van der Waals surface area contributed by atoms with Crippen LogP contribution in [0, 0.1) is 19.3 Å². The fourth-order valence-corrected chi connectivity index (χ4v) is 3.44. The van der Waals surface area contributed by atoms with Crippen LogP contribution in [0.15, 0.2) is 0 Å². The molecule has 1 saturated carbocycles. The quantitative estimate of drug-likeness (QED) is 0.879. The van der Waals surface area contributed by atoms with Crippen LogP contribution in [0.2, 0.25) is 0 Å². The van der Waals surface area contributed by atoms with Gasteiger partial charge in [-0.25, -0.2) is 4.79 Å². The summed E-state index contributed by atoms with van der Waals surface area (Å²) in [6.07, 6.45) is 5.83. The Kier molecular flexibility index (Phi) is 5.14. The molecule has 0 radical (unpaired) electrons. The van der Waals surface area contributed by atoms with E-state index in [0.29, 0.717) is 0 Å². The van der Waals surface area contributed by atoms with Crippen molar-refractivity contribution in [1.82, 2.24) is 20.4 Å². The van der Waals surface area contributed by atoms with Crippen molar-refractivity contribution < 1.29 is 4.79 Å². The highest BCUT2D eigenvalue weighted by molar-refractivity contribution is 5.74. The molecule has 1 heterocycles. The number of hydrogen-bond donors (Lipinski definition) is 2. The number of aromatic nitrogens is 2. The number of nitrogens with one attached hydrogen (secondary N) is 2. The lowest BCUT2D eigenvalue weighted by molar-refractivity contribution is 0.228. The SMILES string of the molecule is Cc1nn(C)c(C)c1C[C@H](C)NC(=O)NCC1(C)CCCC1. The van der Waals surface area contributed by atoms with Gasteiger partial charge in [-0.2, -0.15) is 5.10 Å². The maximum Gasteiger partial charge on any atom is 0.315 e. The molecule has 1 aliphatic carbocycles. The minimum atomic E-state index is -0.0557. The molecule has 0 unspecified atom stereocenters. The molecule has 22 heavy (non-hydrogen) atoms. The van der Waals surface area contributed by atoms with Gasteiger partial charge in [-0.05, 0) is 51.0 Å². The molecule has 0 spiro atoms. The van der Waals surface area contributed by atoms with E-state index < -0.39 is 0 Å². The van der Waals surface area contributed by atoms with E-state index in [1.807, 2.05) is 25.6 Å². The predicted octanol–water partition coefficient (Wildman–Crippen LogP) is 2.85. The van der Waals surface area contributed by atoms with E-state index in [1.54, 1.807) is 0 Å². The predicted molar refractivity (Wildman–Crippen MR) is 89.0 cm³/mol. The summed E-state index contributed by atoms with van der Waals surface area (Å²) in [6.45, 7) is 9.18. The van der Waals surface area contributed by atoms with Gasteiger partial charge in [-0.15, -0.1) is 0 Å². The zero-order valence-electron chi connectivity index (χ0n) is 14.6. The molecule has 5 nitrogen and oxygen atoms in total. The van der Waals surface area contributed by atoms with Crippen LogP contribution in [0.1, 0.15) is 56.5 Å². The molecule has 0 bridgehead atoms. The summed E-state index contributed by atoms with van der Waals surface area (Å²) in [5.74, 6) is 0. The van der Waals surface area contributed by atoms with Crippen LogP contribution in [0.4, 0.5) is 4.79 Å². The molecule has 2 amide bonds. The Labute approximate surface area is 133 Å². The maximum atomic E-state index is 12.1. The Morgan fingerprint density at radius 2 is 2.00 bits per heavy atom. The second kappa shape index (κ2) is 6.71. The third-order valence-corrected chi connectivity index (χ3v) is 5.03. The van der Waals surface area contributed by atoms with Gasteiger partial charge in [0, 0.05) is 25.3 Å². The number of hydrogen-bond acceptors (Lipinski definition) is 2. The van der Waals surface area contributed by atoms with Crippen LogP contribution in [-0.2, 0) is 13.5 Å². The van der Waals surface area contributed by atoms with E-state index in [0.717, 1.165) is 18.7 Å². The lowest BCUT2D eigenvalue weighted by Gasteiger charge is -2.24. The molecule has 1 aromatic rings. The third-order valence-electron chi connectivity index (χ3n) is 5.03. The number of aryl methyl sites for hydroxylation is 2. The van der Waals surface area contributed by atoms with Crippen molar-refractivity contribution >= 4 is 6.03 Å². The first-order valence-corrected chi connectivity index (χ1v) is 8.34. The van der Waals surface area contributed by atoms with Crippen molar-refractivity contribution in [3.63, 3.8) is 0 Å². The highest BCUT2D eigenvalue weighted by Gasteiger charge is 2.29. The number of rotatable bonds is 5. The summed E-state index contributed by atoms with van der Waals surface area (Å²) < 4.78 is 1.90. The first kappa shape index (κ1) is 16.8. The Hall–Kier alpha value is -1.52. The van der Waals surface area contributed by atoms with Crippen LogP contribution in [0.25, 0.3) is 0 Å². The first-order chi connectivity index (χ1) is 10.3. The maximum absolute atomic E-state index is 12.1. The number of amides is 2. The second-order valence-corrected chi connectivity index (χ2v) is 7.22. The van der Waals surface area contributed by atoms with Crippen molar-refractivity contribution in [3.8, 4) is 0 Å². The Morgan fingerprint density at radius 1 is 1.36 bits per heavy atom. The molecule has 1 atom stereocenters. The van der Waals surface area contributed by atoms with E-state index in [4.69, 9.17) is 0 Å². The summed E-state index contributed by atoms with van der Waals surface area (Å²) in [7, 11) is 1.96. The van der Waals surface area contributed by atoms with E-state index in [2.05, 4.69) is 29.6 Å². The van der Waals surface area contributed by atoms with Crippen LogP contribution < -0.4 is 10.6 Å². The molecule has 2 rings (SSSR count). The zero-order valence-corrected chi connectivity index (χ0v) is 14.6. The molecule has 0 saturated heterocycles. The fourth-order valence-electron chi connectivity index (χ4n) is 3.44. The van der Waals surface area contributed by atoms with Gasteiger partial charge in [0.25, 0.3) is 0 Å². The largest absolute Gasteiger partial charge is 0.338 e. The standard InChI is InChI=1S/C17H30N4O/c1-12(10-15-13(2)20-21(5)14(15)3)19-16(22)18-11-17(4)8-6-7-9-17/h12H,6-11H2,1-5H3,(H2,18,19,22)/t12-/m0/s1. The normalized spacial score (nSPS) is 18.2. The Bertz CT molecular complexity index is 529. The number of urea groups is 1. The number of carbonyl (C=O) groups excluding carboxylic acids is 1. The third kappa shape index (κ3) is 4.02. The van der Waals surface area contributed by atoms with Gasteiger partial charge in [0.05, 0.1) is 5.69 Å². The van der Waals surface area contributed by atoms with Crippen LogP contribution >= 0.6 is 0 Å². The molecule has 0 aromatic carbocycles. The summed E-state index contributed by atoms with van der Waals surface area (Å²) in [4.78, 5) is 12.1. The second-order valence-electron chi connectivity index (χ2n) is 7.22. The van der Waals surface area contributed by atoms with Gasteiger partial charge < -0.3 is 10.6 Å². The molecular formula is C17H30N4O. The van der Waals surface area contributed by atoms with E-state index in [-0.39, 0.29) is 17.5 Å². The Balaban J connectivity index is 1.81. The highest BCUT2D eigenvalue weighted by atomic mass is 16.2. The summed E-state index contributed by atoms with van der Waals surface area (Å²) in [6, 6.07) is 0.0396. The molecule has 1 aliphatic rings. The molecule has 1 fully saturated rings. The highest BCUT2D eigenvalue weighted by Crippen LogP contribution is 2.36. The monoisotopic (exact) mass is 306 g/mol. The van der Waals surface area contributed by atoms with Crippen molar-refractivity contribution in [1.29, 1.82) is 0 Å². The first-order valence-electron chi connectivity index (χ1n) is 8.34. The van der Waals surface area contributed by atoms with Crippen LogP contribution in [0.3, 0.4) is 0 Å². The molecule has 2 N–H and O–H groups in total. The van der Waals surface area contributed by atoms with E-state index in [1.165, 1.54) is 36.9 Å². The summed E-state index contributed by atoms with van der Waals surface area (Å²) in [5, 5.41) is 10.5. The smallest absolute Gasteiger partial charge is 0.315 e. The average molecular weight is 306 g/mol. The lowest BCUT2D eigenvalue weighted by atomic mass is 9.89. The van der Waals surface area contributed by atoms with Gasteiger partial charge in [-0.1, -0.05) is 19.8 Å². The van der Waals surface area contributed by atoms with Crippen molar-refractivity contribution in [3.05, 3.63) is 17.0 Å². The van der Waals surface area contributed by atoms with Crippen LogP contribution in [0.5, 0.6) is 0 Å². The summed E-state index contributed by atoms with van der Waals surface area (Å²) >= 11 is 0. The molecule has 5 heteroatoms. The van der Waals surface area contributed by atoms with Gasteiger partial charge in [0.15, 0.2) is 0 Å². The zero-order chi connectivity index (χ0) is 16.3. The average Bonchev–Trinajstić information content (AvgIpc) is 2.97. The van der Waals surface area contributed by atoms with Crippen molar-refractivity contribution in [2.24, 2.45) is 12.5 Å². The number of carbonyl (C=O) groups is 1. The van der Waals surface area contributed by atoms with Gasteiger partial charge in [0.2, 0.25) is 0 Å². The lowest BCUT2D eigenvalue weighted by Crippen LogP contribution is -2.45. The Morgan fingerprint density at radius 3 is 2.55 bits per heavy atom. The van der Waals surface area contributed by atoms with Crippen molar-refractivity contribution in [2.75, 3.05) is 6.54 Å². The van der Waals surface area contributed by atoms with Crippen molar-refractivity contribution in [2.45, 2.75) is 65.8 Å². The van der Waals surface area contributed by atoms with Gasteiger partial charge in [0.1, 0.15) is 0 Å². The molecule has 1 aromatic heterocycles. The topological polar surface area (TPSA) is 59.0 Å². The molecule has 124 valence electrons. The number of nitrogens with zero attached hydrogens (tertiary/aromatic N) is 2. The van der Waals surface area contributed by atoms with E-state index in [9.17, 15) is 4.79 Å². The van der Waals surface area contributed by atoms with Gasteiger partial charge in [-0.3, -0.25) is 4.68 Å². The minimum absolute atomic E-state index is 0.0557. The molecular weight excluding hydrogens is 276 g/mol. The van der Waals surface area contributed by atoms with Gasteiger partial charge >= 0.3 is 6.03 Å². The minimum Gasteiger partial charge on any atom is -0.338 e.